The number of nitrogens with zero attached hydrogens (tertiary/aromatic N) is 2. The molecule has 0 atom stereocenters. The van der Waals surface area contributed by atoms with E-state index in [2.05, 4.69) is 5.32 Å². The summed E-state index contributed by atoms with van der Waals surface area (Å²) in [6.45, 7) is 6.38. The van der Waals surface area contributed by atoms with Gasteiger partial charge in [0, 0.05) is 19.6 Å². The number of hydrogen-bond donors (Lipinski definition) is 2. The third-order valence-corrected chi connectivity index (χ3v) is 3.55. The minimum absolute atomic E-state index is 0.108. The van der Waals surface area contributed by atoms with E-state index in [9.17, 15) is 14.7 Å². The molecule has 0 aliphatic heterocycles. The van der Waals surface area contributed by atoms with Crippen LogP contribution in [0.2, 0.25) is 0 Å². The van der Waals surface area contributed by atoms with Crippen LogP contribution in [0.25, 0.3) is 0 Å². The zero-order valence-electron chi connectivity index (χ0n) is 11.9. The summed E-state index contributed by atoms with van der Waals surface area (Å²) < 4.78 is 0. The summed E-state index contributed by atoms with van der Waals surface area (Å²) in [5, 5.41) is 20.4. The van der Waals surface area contributed by atoms with Crippen LogP contribution in [0.5, 0.6) is 0 Å². The van der Waals surface area contributed by atoms with Gasteiger partial charge >= 0.3 is 12.0 Å². The summed E-state index contributed by atoms with van der Waals surface area (Å²) in [4.78, 5) is 24.7. The molecule has 2 amide bonds. The van der Waals surface area contributed by atoms with E-state index in [0.717, 1.165) is 0 Å². The summed E-state index contributed by atoms with van der Waals surface area (Å²) >= 11 is 0. The van der Waals surface area contributed by atoms with Gasteiger partial charge in [-0.2, -0.15) is 5.26 Å². The lowest BCUT2D eigenvalue weighted by atomic mass is 9.82. The highest BCUT2D eigenvalue weighted by Crippen LogP contribution is 2.25. The Morgan fingerprint density at radius 1 is 1.32 bits per heavy atom. The van der Waals surface area contributed by atoms with Crippen LogP contribution in [0.1, 0.15) is 40.0 Å². The molecule has 19 heavy (non-hydrogen) atoms. The van der Waals surface area contributed by atoms with Crippen molar-refractivity contribution in [1.82, 2.24) is 10.2 Å². The second kappa shape index (κ2) is 8.35. The lowest BCUT2D eigenvalue weighted by Crippen LogP contribution is -2.47. The molecule has 0 saturated carbocycles. The first-order valence-electron chi connectivity index (χ1n) is 6.60. The van der Waals surface area contributed by atoms with Crippen LogP contribution in [0.15, 0.2) is 0 Å². The lowest BCUT2D eigenvalue weighted by molar-refractivity contribution is -0.149. The number of carboxylic acid groups (broad SMARTS) is 1. The molecule has 0 radical (unpaired) electrons. The fourth-order valence-electron chi connectivity index (χ4n) is 1.82. The Morgan fingerprint density at radius 2 is 1.89 bits per heavy atom. The number of carbonyl (C=O) groups excluding carboxylic acids is 1. The number of carboxylic acids is 1. The maximum Gasteiger partial charge on any atom is 0.317 e. The molecule has 6 nitrogen and oxygen atoms in total. The van der Waals surface area contributed by atoms with Crippen LogP contribution in [-0.4, -0.2) is 41.6 Å². The van der Waals surface area contributed by atoms with Gasteiger partial charge in [-0.05, 0) is 19.8 Å². The first-order valence-corrected chi connectivity index (χ1v) is 6.60. The molecular formula is C13H23N3O3. The van der Waals surface area contributed by atoms with Crippen molar-refractivity contribution in [2.45, 2.75) is 40.0 Å². The predicted octanol–water partition coefficient (Wildman–Crippen LogP) is 1.82. The monoisotopic (exact) mass is 269 g/mol. The molecule has 0 fully saturated rings. The van der Waals surface area contributed by atoms with Crippen molar-refractivity contribution in [2.24, 2.45) is 5.41 Å². The molecule has 0 rings (SSSR count). The minimum atomic E-state index is -0.912. The number of rotatable bonds is 8. The third kappa shape index (κ3) is 4.78. The van der Waals surface area contributed by atoms with Crippen LogP contribution in [0.3, 0.4) is 0 Å². The molecule has 0 aromatic carbocycles. The van der Waals surface area contributed by atoms with Gasteiger partial charge in [-0.1, -0.05) is 13.8 Å². The Hall–Kier alpha value is -1.77. The zero-order chi connectivity index (χ0) is 14.9. The molecule has 108 valence electrons. The van der Waals surface area contributed by atoms with Crippen molar-refractivity contribution in [2.75, 3.05) is 19.6 Å². The molecule has 0 aromatic heterocycles. The maximum atomic E-state index is 11.9. The number of amides is 2. The molecule has 0 aromatic rings. The lowest BCUT2D eigenvalue weighted by Gasteiger charge is -2.28. The Kier molecular flexibility index (Phi) is 7.57. The number of nitrogens with one attached hydrogen (secondary N) is 1. The van der Waals surface area contributed by atoms with E-state index in [1.807, 2.05) is 13.0 Å². The zero-order valence-corrected chi connectivity index (χ0v) is 11.9. The van der Waals surface area contributed by atoms with E-state index in [4.69, 9.17) is 5.26 Å². The Bertz CT molecular complexity index is 346. The quantitative estimate of drug-likeness (QED) is 0.703. The Labute approximate surface area is 114 Å². The first kappa shape index (κ1) is 17.2. The average molecular weight is 269 g/mol. The van der Waals surface area contributed by atoms with E-state index in [0.29, 0.717) is 25.9 Å². The second-order valence-corrected chi connectivity index (χ2v) is 4.44. The smallest absolute Gasteiger partial charge is 0.317 e. The second-order valence-electron chi connectivity index (χ2n) is 4.44. The van der Waals surface area contributed by atoms with Crippen molar-refractivity contribution in [3.8, 4) is 6.07 Å². The molecule has 6 heteroatoms. The van der Waals surface area contributed by atoms with Gasteiger partial charge < -0.3 is 15.3 Å². The maximum absolute atomic E-state index is 11.9. The summed E-state index contributed by atoms with van der Waals surface area (Å²) in [5.74, 6) is -0.891. The van der Waals surface area contributed by atoms with Gasteiger partial charge in [-0.25, -0.2) is 4.79 Å². The molecule has 0 aliphatic rings. The highest BCUT2D eigenvalue weighted by atomic mass is 16.4. The van der Waals surface area contributed by atoms with Gasteiger partial charge in [0.15, 0.2) is 0 Å². The first-order chi connectivity index (χ1) is 8.97. The fourth-order valence-corrected chi connectivity index (χ4v) is 1.82. The van der Waals surface area contributed by atoms with Crippen LogP contribution >= 0.6 is 0 Å². The van der Waals surface area contributed by atoms with Crippen molar-refractivity contribution in [3.63, 3.8) is 0 Å². The van der Waals surface area contributed by atoms with Gasteiger partial charge in [-0.3, -0.25) is 4.79 Å². The van der Waals surface area contributed by atoms with Gasteiger partial charge in [-0.15, -0.1) is 0 Å². The van der Waals surface area contributed by atoms with Crippen LogP contribution < -0.4 is 5.32 Å². The summed E-state index contributed by atoms with van der Waals surface area (Å²) in [5.41, 5.74) is -0.912. The molecular weight excluding hydrogens is 246 g/mol. The number of hydrogen-bond acceptors (Lipinski definition) is 3. The summed E-state index contributed by atoms with van der Waals surface area (Å²) in [7, 11) is 0. The molecule has 2 N–H and O–H groups in total. The number of nitriles is 1. The van der Waals surface area contributed by atoms with Crippen LogP contribution in [0.4, 0.5) is 4.79 Å². The standard InChI is InChI=1S/C13H23N3O3/c1-4-13(5-2,11(17)18)10-15-12(19)16(6-3)9-7-8-14/h4-7,9-10H2,1-3H3,(H,15,19)(H,17,18). The van der Waals surface area contributed by atoms with Gasteiger partial charge in [0.1, 0.15) is 0 Å². The van der Waals surface area contributed by atoms with Crippen molar-refractivity contribution >= 4 is 12.0 Å². The Morgan fingerprint density at radius 3 is 2.26 bits per heavy atom. The topological polar surface area (TPSA) is 93.4 Å². The number of carbonyl (C=O) groups is 2. The van der Waals surface area contributed by atoms with Gasteiger partial charge in [0.25, 0.3) is 0 Å². The van der Waals surface area contributed by atoms with E-state index < -0.39 is 11.4 Å². The fraction of sp³-hybridized carbons (Fsp3) is 0.769. The summed E-state index contributed by atoms with van der Waals surface area (Å²) in [6, 6.07) is 1.67. The Balaban J connectivity index is 4.55. The molecule has 0 saturated heterocycles. The summed E-state index contributed by atoms with van der Waals surface area (Å²) in [6.07, 6.45) is 1.19. The van der Waals surface area contributed by atoms with Crippen LogP contribution in [0, 0.1) is 16.7 Å². The molecule has 0 bridgehead atoms. The van der Waals surface area contributed by atoms with E-state index >= 15 is 0 Å². The van der Waals surface area contributed by atoms with E-state index in [1.165, 1.54) is 4.90 Å². The predicted molar refractivity (Wildman–Crippen MR) is 71.5 cm³/mol. The largest absolute Gasteiger partial charge is 0.481 e. The average Bonchev–Trinajstić information content (AvgIpc) is 2.41. The van der Waals surface area contributed by atoms with Crippen molar-refractivity contribution in [1.29, 1.82) is 5.26 Å². The number of aliphatic carboxylic acids is 1. The highest BCUT2D eigenvalue weighted by Gasteiger charge is 2.35. The van der Waals surface area contributed by atoms with Crippen molar-refractivity contribution in [3.05, 3.63) is 0 Å². The highest BCUT2D eigenvalue weighted by molar-refractivity contribution is 5.78. The molecule has 0 spiro atoms. The third-order valence-electron chi connectivity index (χ3n) is 3.55. The minimum Gasteiger partial charge on any atom is -0.481 e. The van der Waals surface area contributed by atoms with E-state index in [-0.39, 0.29) is 19.0 Å². The van der Waals surface area contributed by atoms with E-state index in [1.54, 1.807) is 13.8 Å². The van der Waals surface area contributed by atoms with Gasteiger partial charge in [0.05, 0.1) is 17.9 Å². The normalized spacial score (nSPS) is 10.6. The molecule has 0 unspecified atom stereocenters. The number of urea groups is 1. The molecule has 0 heterocycles. The van der Waals surface area contributed by atoms with Crippen molar-refractivity contribution < 1.29 is 14.7 Å². The van der Waals surface area contributed by atoms with Gasteiger partial charge in [0.2, 0.25) is 0 Å². The van der Waals surface area contributed by atoms with Crippen LogP contribution in [-0.2, 0) is 4.79 Å². The SMILES string of the molecule is CCN(CCC#N)C(=O)NCC(CC)(CC)C(=O)O. The molecule has 0 aliphatic carbocycles.